The normalized spacial score (nSPS) is 10.8. The smallest absolute Gasteiger partial charge is 0.225 e. The molecule has 0 fully saturated rings. The second-order valence-corrected chi connectivity index (χ2v) is 6.46. The molecule has 0 radical (unpaired) electrons. The minimum Gasteiger partial charge on any atom is -0.493 e. The summed E-state index contributed by atoms with van der Waals surface area (Å²) in [6.07, 6.45) is 0.379. The van der Waals surface area contributed by atoms with E-state index in [0.717, 1.165) is 5.75 Å². The number of hydrogen-bond donors (Lipinski definition) is 1. The molecule has 4 nitrogen and oxygen atoms in total. The summed E-state index contributed by atoms with van der Waals surface area (Å²) in [5.74, 6) is 0.899. The SMILES string of the molecule is Cc1ccc(OCCC(=O)N(C)CC(C)(C)CN)cc1C.Cl. The van der Waals surface area contributed by atoms with Crippen LogP contribution in [-0.4, -0.2) is 37.6 Å². The Balaban J connectivity index is 0.00000441. The zero-order valence-corrected chi connectivity index (χ0v) is 15.1. The van der Waals surface area contributed by atoms with Crippen molar-refractivity contribution in [3.63, 3.8) is 0 Å². The molecule has 22 heavy (non-hydrogen) atoms. The Labute approximate surface area is 140 Å². The number of amides is 1. The van der Waals surface area contributed by atoms with Crippen LogP contribution in [0.4, 0.5) is 0 Å². The molecule has 0 aliphatic heterocycles. The molecule has 0 saturated heterocycles. The van der Waals surface area contributed by atoms with Crippen LogP contribution in [0, 0.1) is 19.3 Å². The number of ether oxygens (including phenoxy) is 1. The van der Waals surface area contributed by atoms with Gasteiger partial charge in [0.15, 0.2) is 0 Å². The summed E-state index contributed by atoms with van der Waals surface area (Å²) in [5.41, 5.74) is 8.07. The Morgan fingerprint density at radius 1 is 1.27 bits per heavy atom. The van der Waals surface area contributed by atoms with Crippen LogP contribution >= 0.6 is 12.4 Å². The number of halogens is 1. The van der Waals surface area contributed by atoms with E-state index in [1.165, 1.54) is 11.1 Å². The Morgan fingerprint density at radius 2 is 1.91 bits per heavy atom. The predicted molar refractivity (Wildman–Crippen MR) is 93.7 cm³/mol. The van der Waals surface area contributed by atoms with Gasteiger partial charge in [-0.3, -0.25) is 4.79 Å². The Kier molecular flexibility index (Phi) is 8.49. The van der Waals surface area contributed by atoms with Crippen molar-refractivity contribution < 1.29 is 9.53 Å². The minimum absolute atomic E-state index is 0. The van der Waals surface area contributed by atoms with Crippen molar-refractivity contribution in [3.8, 4) is 5.75 Å². The number of hydrogen-bond acceptors (Lipinski definition) is 3. The molecule has 0 atom stereocenters. The molecule has 0 aromatic heterocycles. The van der Waals surface area contributed by atoms with Gasteiger partial charge >= 0.3 is 0 Å². The lowest BCUT2D eigenvalue weighted by Crippen LogP contribution is -2.40. The number of rotatable bonds is 7. The van der Waals surface area contributed by atoms with Crippen molar-refractivity contribution in [1.82, 2.24) is 4.90 Å². The number of nitrogens with two attached hydrogens (primary N) is 1. The number of carbonyl (C=O) groups is 1. The Morgan fingerprint density at radius 3 is 2.45 bits per heavy atom. The fourth-order valence-electron chi connectivity index (χ4n) is 2.05. The van der Waals surface area contributed by atoms with Crippen molar-refractivity contribution in [2.45, 2.75) is 34.1 Å². The van der Waals surface area contributed by atoms with E-state index in [9.17, 15) is 4.79 Å². The van der Waals surface area contributed by atoms with Gasteiger partial charge in [-0.2, -0.15) is 0 Å². The van der Waals surface area contributed by atoms with Gasteiger partial charge in [0.05, 0.1) is 13.0 Å². The van der Waals surface area contributed by atoms with Gasteiger partial charge in [0.2, 0.25) is 5.91 Å². The van der Waals surface area contributed by atoms with Gasteiger partial charge in [-0.05, 0) is 49.1 Å². The number of benzene rings is 1. The molecule has 126 valence electrons. The molecule has 2 N–H and O–H groups in total. The van der Waals surface area contributed by atoms with Crippen LogP contribution in [-0.2, 0) is 4.79 Å². The maximum atomic E-state index is 12.1. The van der Waals surface area contributed by atoms with Crippen LogP contribution in [0.5, 0.6) is 5.75 Å². The lowest BCUT2D eigenvalue weighted by molar-refractivity contribution is -0.131. The van der Waals surface area contributed by atoms with Gasteiger partial charge in [-0.15, -0.1) is 12.4 Å². The molecule has 0 aliphatic carbocycles. The third-order valence-electron chi connectivity index (χ3n) is 3.71. The van der Waals surface area contributed by atoms with Crippen molar-refractivity contribution >= 4 is 18.3 Å². The average Bonchev–Trinajstić information content (AvgIpc) is 2.42. The molecular formula is C17H29ClN2O2. The molecule has 0 saturated carbocycles. The topological polar surface area (TPSA) is 55.6 Å². The predicted octanol–water partition coefficient (Wildman–Crippen LogP) is 2.94. The summed E-state index contributed by atoms with van der Waals surface area (Å²) in [4.78, 5) is 13.8. The van der Waals surface area contributed by atoms with Gasteiger partial charge < -0.3 is 15.4 Å². The zero-order chi connectivity index (χ0) is 16.0. The second kappa shape index (κ2) is 9.01. The van der Waals surface area contributed by atoms with E-state index in [1.807, 2.05) is 25.2 Å². The lowest BCUT2D eigenvalue weighted by Gasteiger charge is -2.29. The molecule has 0 heterocycles. The Bertz CT molecular complexity index is 490. The fourth-order valence-corrected chi connectivity index (χ4v) is 2.05. The first-order valence-corrected chi connectivity index (χ1v) is 7.39. The summed E-state index contributed by atoms with van der Waals surface area (Å²) in [5, 5.41) is 0. The summed E-state index contributed by atoms with van der Waals surface area (Å²) < 4.78 is 5.65. The molecule has 1 aromatic carbocycles. The van der Waals surface area contributed by atoms with Gasteiger partial charge in [0.1, 0.15) is 5.75 Å². The molecule has 0 aliphatic rings. The first-order chi connectivity index (χ1) is 9.75. The van der Waals surface area contributed by atoms with Crippen LogP contribution in [0.15, 0.2) is 18.2 Å². The standard InChI is InChI=1S/C17H28N2O2.ClH/c1-13-6-7-15(10-14(13)2)21-9-8-16(20)19(5)12-17(3,4)11-18;/h6-7,10H,8-9,11-12,18H2,1-5H3;1H. The Hall–Kier alpha value is -1.26. The van der Waals surface area contributed by atoms with E-state index in [2.05, 4.69) is 27.7 Å². The molecule has 0 unspecified atom stereocenters. The number of carbonyl (C=O) groups excluding carboxylic acids is 1. The summed E-state index contributed by atoms with van der Waals surface area (Å²) in [6, 6.07) is 5.97. The quantitative estimate of drug-likeness (QED) is 0.837. The van der Waals surface area contributed by atoms with Crippen LogP contribution in [0.25, 0.3) is 0 Å². The maximum absolute atomic E-state index is 12.1. The van der Waals surface area contributed by atoms with E-state index < -0.39 is 0 Å². The summed E-state index contributed by atoms with van der Waals surface area (Å²) in [7, 11) is 1.82. The monoisotopic (exact) mass is 328 g/mol. The van der Waals surface area contributed by atoms with Crippen molar-refractivity contribution in [2.24, 2.45) is 11.1 Å². The van der Waals surface area contributed by atoms with Crippen LogP contribution in [0.1, 0.15) is 31.4 Å². The zero-order valence-electron chi connectivity index (χ0n) is 14.3. The first kappa shape index (κ1) is 20.7. The molecule has 5 heteroatoms. The molecule has 0 spiro atoms. The van der Waals surface area contributed by atoms with Gasteiger partial charge in [0, 0.05) is 13.6 Å². The highest BCUT2D eigenvalue weighted by molar-refractivity contribution is 5.85. The van der Waals surface area contributed by atoms with E-state index in [4.69, 9.17) is 10.5 Å². The fraction of sp³-hybridized carbons (Fsp3) is 0.588. The third-order valence-corrected chi connectivity index (χ3v) is 3.71. The number of nitrogens with zero attached hydrogens (tertiary/aromatic N) is 1. The van der Waals surface area contributed by atoms with Crippen LogP contribution < -0.4 is 10.5 Å². The molecular weight excluding hydrogens is 300 g/mol. The average molecular weight is 329 g/mol. The van der Waals surface area contributed by atoms with E-state index in [1.54, 1.807) is 4.90 Å². The van der Waals surface area contributed by atoms with E-state index in [0.29, 0.717) is 26.1 Å². The highest BCUT2D eigenvalue weighted by Gasteiger charge is 2.20. The summed E-state index contributed by atoms with van der Waals surface area (Å²) >= 11 is 0. The minimum atomic E-state index is -0.0562. The van der Waals surface area contributed by atoms with Crippen LogP contribution in [0.2, 0.25) is 0 Å². The summed E-state index contributed by atoms with van der Waals surface area (Å²) in [6.45, 7) is 9.85. The van der Waals surface area contributed by atoms with E-state index >= 15 is 0 Å². The highest BCUT2D eigenvalue weighted by Crippen LogP contribution is 2.17. The molecule has 1 amide bonds. The maximum Gasteiger partial charge on any atom is 0.225 e. The van der Waals surface area contributed by atoms with Gasteiger partial charge in [-0.25, -0.2) is 0 Å². The van der Waals surface area contributed by atoms with Gasteiger partial charge in [-0.1, -0.05) is 19.9 Å². The van der Waals surface area contributed by atoms with Crippen molar-refractivity contribution in [3.05, 3.63) is 29.3 Å². The molecule has 1 aromatic rings. The third kappa shape index (κ3) is 6.67. The largest absolute Gasteiger partial charge is 0.493 e. The number of aryl methyl sites for hydroxylation is 2. The van der Waals surface area contributed by atoms with Crippen molar-refractivity contribution in [2.75, 3.05) is 26.7 Å². The van der Waals surface area contributed by atoms with Crippen molar-refractivity contribution in [1.29, 1.82) is 0 Å². The van der Waals surface area contributed by atoms with Gasteiger partial charge in [0.25, 0.3) is 0 Å². The lowest BCUT2D eigenvalue weighted by atomic mass is 9.93. The second-order valence-electron chi connectivity index (χ2n) is 6.46. The van der Waals surface area contributed by atoms with E-state index in [-0.39, 0.29) is 23.7 Å². The molecule has 1 rings (SSSR count). The molecule has 0 bridgehead atoms. The highest BCUT2D eigenvalue weighted by atomic mass is 35.5. The van der Waals surface area contributed by atoms with Crippen LogP contribution in [0.3, 0.4) is 0 Å². The first-order valence-electron chi connectivity index (χ1n) is 7.39.